The normalized spacial score (nSPS) is 26.2. The molecule has 2 aromatic carbocycles. The first-order chi connectivity index (χ1) is 18.7. The van der Waals surface area contributed by atoms with Crippen molar-refractivity contribution in [2.75, 3.05) is 11.5 Å². The molecule has 1 N–H and O–H groups in total. The van der Waals surface area contributed by atoms with Gasteiger partial charge in [0.05, 0.1) is 28.6 Å². The van der Waals surface area contributed by atoms with Crippen molar-refractivity contribution in [3.8, 4) is 11.5 Å². The molecule has 0 bridgehead atoms. The lowest BCUT2D eigenvalue weighted by Gasteiger charge is -2.42. The molecular formula is C30H23BrClNO6. The number of carbonyl (C=O) groups is 4. The summed E-state index contributed by atoms with van der Waals surface area (Å²) in [5, 5.41) is 10.8. The number of ketones is 2. The highest BCUT2D eigenvalue weighted by molar-refractivity contribution is 9.12. The van der Waals surface area contributed by atoms with Crippen molar-refractivity contribution >= 4 is 56.6 Å². The molecule has 0 radical (unpaired) electrons. The summed E-state index contributed by atoms with van der Waals surface area (Å²) in [6.07, 6.45) is 3.75. The van der Waals surface area contributed by atoms with Gasteiger partial charge in [-0.1, -0.05) is 29.3 Å². The Hall–Kier alpha value is -3.49. The van der Waals surface area contributed by atoms with Crippen LogP contribution in [0.2, 0.25) is 5.02 Å². The minimum absolute atomic E-state index is 0.0382. The highest BCUT2D eigenvalue weighted by Gasteiger charge is 2.56. The number of allylic oxidation sites excluding steroid dienone is 6. The Balaban J connectivity index is 1.48. The number of aromatic hydroxyl groups is 1. The zero-order chi connectivity index (χ0) is 27.6. The standard InChI is InChI=1S/C30H23BrClNO6/c1-2-39-24-11-14(3-10-22(24)34)25-17-8-9-18-26(19(17)12-20-27(25)23(35)13-21(31)28(20)36)30(38)33(29(18)37)16-6-4-15(32)5-7-16/h3-8,10-11,13,18-19,25-26,34H,2,9,12H2,1H3. The predicted octanol–water partition coefficient (Wildman–Crippen LogP) is 5.41. The van der Waals surface area contributed by atoms with Crippen molar-refractivity contribution in [2.24, 2.45) is 17.8 Å². The van der Waals surface area contributed by atoms with Crippen LogP contribution in [-0.2, 0) is 19.2 Å². The smallest absolute Gasteiger partial charge is 0.238 e. The van der Waals surface area contributed by atoms with E-state index in [4.69, 9.17) is 16.3 Å². The zero-order valence-corrected chi connectivity index (χ0v) is 23.2. The van der Waals surface area contributed by atoms with Crippen LogP contribution < -0.4 is 9.64 Å². The van der Waals surface area contributed by atoms with Crippen LogP contribution in [0.15, 0.2) is 75.8 Å². The highest BCUT2D eigenvalue weighted by atomic mass is 79.9. The van der Waals surface area contributed by atoms with E-state index in [1.54, 1.807) is 43.3 Å². The molecule has 3 aliphatic carbocycles. The van der Waals surface area contributed by atoms with Gasteiger partial charge in [0.2, 0.25) is 11.8 Å². The lowest BCUT2D eigenvalue weighted by Crippen LogP contribution is -2.39. The first kappa shape index (κ1) is 25.8. The first-order valence-corrected chi connectivity index (χ1v) is 13.9. The van der Waals surface area contributed by atoms with E-state index in [0.29, 0.717) is 40.4 Å². The summed E-state index contributed by atoms with van der Waals surface area (Å²) in [4.78, 5) is 55.3. The number of phenols is 1. The Morgan fingerprint density at radius 1 is 1.05 bits per heavy atom. The van der Waals surface area contributed by atoms with Crippen molar-refractivity contribution in [1.82, 2.24) is 0 Å². The van der Waals surface area contributed by atoms with Crippen LogP contribution >= 0.6 is 27.5 Å². The number of phenolic OH excluding ortho intramolecular Hbond substituents is 1. The number of fused-ring (bicyclic) bond motifs is 3. The van der Waals surface area contributed by atoms with E-state index in [0.717, 1.165) is 5.57 Å². The zero-order valence-electron chi connectivity index (χ0n) is 20.8. The molecule has 4 atom stereocenters. The Labute approximate surface area is 237 Å². The fourth-order valence-electron chi connectivity index (χ4n) is 6.41. The minimum Gasteiger partial charge on any atom is -0.504 e. The van der Waals surface area contributed by atoms with E-state index in [-0.39, 0.29) is 45.8 Å². The van der Waals surface area contributed by atoms with E-state index >= 15 is 0 Å². The van der Waals surface area contributed by atoms with Gasteiger partial charge in [0.25, 0.3) is 0 Å². The van der Waals surface area contributed by atoms with Crippen molar-refractivity contribution in [3.05, 3.63) is 86.4 Å². The van der Waals surface area contributed by atoms with E-state index in [9.17, 15) is 24.3 Å². The van der Waals surface area contributed by atoms with Crippen LogP contribution in [0.4, 0.5) is 5.69 Å². The number of Topliss-reactive ketones (excluding diaryl/α,β-unsaturated/α-hetero) is 1. The van der Waals surface area contributed by atoms with Gasteiger partial charge >= 0.3 is 0 Å². The molecule has 0 aromatic heterocycles. The van der Waals surface area contributed by atoms with Gasteiger partial charge in [0, 0.05) is 28.2 Å². The highest BCUT2D eigenvalue weighted by Crippen LogP contribution is 2.56. The average Bonchev–Trinajstić information content (AvgIpc) is 3.18. The Morgan fingerprint density at radius 3 is 2.51 bits per heavy atom. The number of ether oxygens (including phenoxy) is 1. The van der Waals surface area contributed by atoms with E-state index in [1.807, 2.05) is 6.08 Å². The summed E-state index contributed by atoms with van der Waals surface area (Å²) >= 11 is 9.26. The average molecular weight is 609 g/mol. The van der Waals surface area contributed by atoms with E-state index < -0.39 is 23.7 Å². The topological polar surface area (TPSA) is 101 Å². The van der Waals surface area contributed by atoms with Gasteiger partial charge in [-0.25, -0.2) is 0 Å². The van der Waals surface area contributed by atoms with Crippen LogP contribution in [0.5, 0.6) is 11.5 Å². The molecule has 4 aliphatic rings. The van der Waals surface area contributed by atoms with Gasteiger partial charge < -0.3 is 9.84 Å². The maximum Gasteiger partial charge on any atom is 0.238 e. The second-order valence-corrected chi connectivity index (χ2v) is 11.3. The van der Waals surface area contributed by atoms with Crippen molar-refractivity contribution in [3.63, 3.8) is 0 Å². The second kappa shape index (κ2) is 9.61. The molecule has 1 aliphatic heterocycles. The van der Waals surface area contributed by atoms with Gasteiger partial charge in [0.1, 0.15) is 0 Å². The predicted molar refractivity (Wildman–Crippen MR) is 148 cm³/mol. The molecule has 2 amide bonds. The number of halogens is 2. The number of carbonyl (C=O) groups excluding carboxylic acids is 4. The number of anilines is 1. The Kier molecular flexibility index (Phi) is 6.35. The maximum atomic E-state index is 13.9. The molecule has 1 fully saturated rings. The number of benzene rings is 2. The third-order valence-electron chi connectivity index (χ3n) is 8.03. The van der Waals surface area contributed by atoms with Crippen LogP contribution in [-0.4, -0.2) is 35.1 Å². The molecule has 1 saturated heterocycles. The molecule has 39 heavy (non-hydrogen) atoms. The SMILES string of the molecule is CCOc1cc(C2C3=CCC4C(=O)N(c5ccc(Cl)cc5)C(=O)C4C3CC3=C2C(=O)C=C(Br)C3=O)ccc1O. The quantitative estimate of drug-likeness (QED) is 0.283. The number of nitrogens with zero attached hydrogens (tertiary/aromatic N) is 1. The lowest BCUT2D eigenvalue weighted by molar-refractivity contribution is -0.123. The molecule has 2 aromatic rings. The van der Waals surface area contributed by atoms with Crippen molar-refractivity contribution in [1.29, 1.82) is 0 Å². The van der Waals surface area contributed by atoms with Gasteiger partial charge in [-0.3, -0.25) is 24.1 Å². The number of hydrogen-bond acceptors (Lipinski definition) is 6. The summed E-state index contributed by atoms with van der Waals surface area (Å²) < 4.78 is 5.77. The van der Waals surface area contributed by atoms with Gasteiger partial charge in [-0.15, -0.1) is 0 Å². The molecule has 6 rings (SSSR count). The summed E-state index contributed by atoms with van der Waals surface area (Å²) in [6, 6.07) is 11.4. The van der Waals surface area contributed by atoms with Crippen LogP contribution in [0.3, 0.4) is 0 Å². The number of amides is 2. The largest absolute Gasteiger partial charge is 0.504 e. The monoisotopic (exact) mass is 607 g/mol. The summed E-state index contributed by atoms with van der Waals surface area (Å²) in [5.41, 5.74) is 2.65. The molecule has 198 valence electrons. The van der Waals surface area contributed by atoms with E-state index in [1.165, 1.54) is 17.0 Å². The summed E-state index contributed by atoms with van der Waals surface area (Å²) in [5.74, 6) is -3.30. The summed E-state index contributed by atoms with van der Waals surface area (Å²) in [7, 11) is 0. The Bertz CT molecular complexity index is 1560. The van der Waals surface area contributed by atoms with Crippen LogP contribution in [0.25, 0.3) is 0 Å². The van der Waals surface area contributed by atoms with Crippen LogP contribution in [0.1, 0.15) is 31.2 Å². The molecule has 1 heterocycles. The van der Waals surface area contributed by atoms with Gasteiger partial charge in [0.15, 0.2) is 23.1 Å². The van der Waals surface area contributed by atoms with Crippen molar-refractivity contribution < 1.29 is 29.0 Å². The summed E-state index contributed by atoms with van der Waals surface area (Å²) in [6.45, 7) is 2.13. The third-order valence-corrected chi connectivity index (χ3v) is 8.87. The minimum atomic E-state index is -0.680. The fraction of sp³-hybridized carbons (Fsp3) is 0.267. The maximum absolute atomic E-state index is 13.9. The van der Waals surface area contributed by atoms with E-state index in [2.05, 4.69) is 15.9 Å². The van der Waals surface area contributed by atoms with Gasteiger partial charge in [-0.2, -0.15) is 0 Å². The molecule has 4 unspecified atom stereocenters. The number of hydrogen-bond donors (Lipinski definition) is 1. The first-order valence-electron chi connectivity index (χ1n) is 12.7. The molecule has 0 saturated carbocycles. The third kappa shape index (κ3) is 4.00. The van der Waals surface area contributed by atoms with Crippen molar-refractivity contribution in [2.45, 2.75) is 25.7 Å². The molecule has 7 nitrogen and oxygen atoms in total. The number of imide groups is 1. The molecule has 9 heteroatoms. The van der Waals surface area contributed by atoms with Gasteiger partial charge in [-0.05, 0) is 83.6 Å². The fourth-order valence-corrected chi connectivity index (χ4v) is 6.99. The molecule has 0 spiro atoms. The Morgan fingerprint density at radius 2 is 1.79 bits per heavy atom. The number of rotatable bonds is 4. The molecular weight excluding hydrogens is 586 g/mol. The van der Waals surface area contributed by atoms with Crippen LogP contribution in [0, 0.1) is 17.8 Å². The second-order valence-electron chi connectivity index (χ2n) is 10.0. The lowest BCUT2D eigenvalue weighted by atomic mass is 9.59.